The fraction of sp³-hybridized carbons (Fsp3) is 0.120. The van der Waals surface area contributed by atoms with Gasteiger partial charge in [0.25, 0.3) is 0 Å². The first kappa shape index (κ1) is 24.1. The second-order valence-corrected chi connectivity index (χ2v) is 8.04. The number of hydrogen-bond donors (Lipinski definition) is 1. The number of fused-ring (bicyclic) bond motifs is 1. The molecule has 5 rings (SSSR count). The van der Waals surface area contributed by atoms with Crippen molar-refractivity contribution in [2.24, 2.45) is 0 Å². The summed E-state index contributed by atoms with van der Waals surface area (Å²) in [6.45, 7) is 0.125. The van der Waals surface area contributed by atoms with Crippen LogP contribution in [0.5, 0.6) is 5.75 Å². The molecule has 0 saturated heterocycles. The van der Waals surface area contributed by atoms with Gasteiger partial charge in [0, 0.05) is 11.1 Å². The first-order valence-electron chi connectivity index (χ1n) is 10.8. The van der Waals surface area contributed by atoms with E-state index in [4.69, 9.17) is 10.5 Å². The Kier molecular flexibility index (Phi) is 5.94. The van der Waals surface area contributed by atoms with E-state index in [-0.39, 0.29) is 40.8 Å². The van der Waals surface area contributed by atoms with Crippen molar-refractivity contribution in [2.45, 2.75) is 12.7 Å². The average molecular weight is 512 g/mol. The zero-order chi connectivity index (χ0) is 26.3. The van der Waals surface area contributed by atoms with E-state index < -0.39 is 23.4 Å². The Morgan fingerprint density at radius 2 is 1.70 bits per heavy atom. The monoisotopic (exact) mass is 512 g/mol. The van der Waals surface area contributed by atoms with Crippen molar-refractivity contribution >= 4 is 5.82 Å². The van der Waals surface area contributed by atoms with Crippen LogP contribution in [-0.2, 0) is 12.7 Å². The summed E-state index contributed by atoms with van der Waals surface area (Å²) in [6.07, 6.45) is -1.67. The van der Waals surface area contributed by atoms with E-state index in [0.717, 1.165) is 12.1 Å². The van der Waals surface area contributed by atoms with Crippen molar-refractivity contribution in [1.29, 1.82) is 0 Å². The van der Waals surface area contributed by atoms with Crippen molar-refractivity contribution in [3.63, 3.8) is 0 Å². The third-order valence-electron chi connectivity index (χ3n) is 5.66. The lowest BCUT2D eigenvalue weighted by Gasteiger charge is -2.15. The smallest absolute Gasteiger partial charge is 0.417 e. The van der Waals surface area contributed by atoms with Crippen molar-refractivity contribution in [1.82, 2.24) is 24.7 Å². The maximum absolute atomic E-state index is 14.1. The molecule has 0 saturated carbocycles. The Morgan fingerprint density at radius 1 is 0.919 bits per heavy atom. The van der Waals surface area contributed by atoms with Crippen LogP contribution in [0.3, 0.4) is 0 Å². The van der Waals surface area contributed by atoms with Crippen LogP contribution in [0.15, 0.2) is 60.9 Å². The van der Waals surface area contributed by atoms with Gasteiger partial charge in [0.05, 0.1) is 42.9 Å². The van der Waals surface area contributed by atoms with Crippen molar-refractivity contribution < 1.29 is 26.7 Å². The van der Waals surface area contributed by atoms with E-state index in [1.54, 1.807) is 12.3 Å². The summed E-state index contributed by atoms with van der Waals surface area (Å²) in [6, 6.07) is 10.3. The van der Waals surface area contributed by atoms with Crippen LogP contribution < -0.4 is 10.5 Å². The predicted molar refractivity (Wildman–Crippen MR) is 125 cm³/mol. The molecule has 12 heteroatoms. The molecule has 0 aliphatic carbocycles. The molecule has 0 fully saturated rings. The lowest BCUT2D eigenvalue weighted by molar-refractivity contribution is -0.137. The number of methoxy groups -OCH3 is 1. The number of nitrogen functional groups attached to an aromatic ring is 1. The summed E-state index contributed by atoms with van der Waals surface area (Å²) in [4.78, 5) is 12.7. The Morgan fingerprint density at radius 3 is 2.43 bits per heavy atom. The highest BCUT2D eigenvalue weighted by atomic mass is 19.4. The van der Waals surface area contributed by atoms with Crippen LogP contribution >= 0.6 is 0 Å². The second kappa shape index (κ2) is 9.12. The van der Waals surface area contributed by atoms with Gasteiger partial charge in [0.15, 0.2) is 17.5 Å². The molecule has 3 aromatic rings. The molecule has 0 radical (unpaired) electrons. The van der Waals surface area contributed by atoms with Gasteiger partial charge in [-0.1, -0.05) is 12.1 Å². The topological polar surface area (TPSA) is 91.7 Å². The molecule has 7 nitrogen and oxygen atoms in total. The highest BCUT2D eigenvalue weighted by Crippen LogP contribution is 2.39. The summed E-state index contributed by atoms with van der Waals surface area (Å²) < 4.78 is 75.0. The van der Waals surface area contributed by atoms with Gasteiger partial charge in [-0.15, -0.1) is 0 Å². The Hall–Kier alpha value is -4.61. The van der Waals surface area contributed by atoms with Crippen LogP contribution in [0.1, 0.15) is 11.1 Å². The zero-order valence-corrected chi connectivity index (χ0v) is 19.1. The Labute approximate surface area is 206 Å². The minimum Gasteiger partial charge on any atom is -0.497 e. The molecule has 2 N–H and O–H groups in total. The Bertz CT molecular complexity index is 1580. The van der Waals surface area contributed by atoms with Gasteiger partial charge in [-0.2, -0.15) is 18.3 Å². The number of pyridine rings is 1. The maximum atomic E-state index is 14.1. The molecule has 2 aromatic carbocycles. The molecule has 0 amide bonds. The van der Waals surface area contributed by atoms with Gasteiger partial charge in [-0.05, 0) is 36.4 Å². The number of hydrogen-bond acceptors (Lipinski definition) is 6. The molecular weight excluding hydrogens is 495 g/mol. The standard InChI is InChI=1S/C25H17F5N6O/c1-37-14-6-7-15(17(9-14)25(28,29)30)19-8-5-13(23(31)33-19)11-36-12-21-20(10-32-36)34-24(35-21)16-3-2-4-18(26)22(16)27/h2-10,12H,11H2,1H3,(H2,31,33). The second-order valence-electron chi connectivity index (χ2n) is 8.04. The summed E-state index contributed by atoms with van der Waals surface area (Å²) >= 11 is 0. The Balaban J connectivity index is 1.44. The van der Waals surface area contributed by atoms with Crippen molar-refractivity contribution in [3.05, 3.63) is 83.7 Å². The fourth-order valence-electron chi connectivity index (χ4n) is 3.81. The van der Waals surface area contributed by atoms with Crippen LogP contribution in [0, 0.1) is 11.6 Å². The number of anilines is 1. The number of rotatable bonds is 5. The van der Waals surface area contributed by atoms with Gasteiger partial charge < -0.3 is 10.5 Å². The molecule has 37 heavy (non-hydrogen) atoms. The molecule has 2 aliphatic heterocycles. The molecular formula is C25H17F5N6O. The highest BCUT2D eigenvalue weighted by Gasteiger charge is 2.34. The van der Waals surface area contributed by atoms with E-state index in [1.165, 1.54) is 48.3 Å². The third kappa shape index (κ3) is 4.65. The molecule has 188 valence electrons. The van der Waals surface area contributed by atoms with E-state index in [9.17, 15) is 22.0 Å². The van der Waals surface area contributed by atoms with Gasteiger partial charge in [0.1, 0.15) is 23.0 Å². The van der Waals surface area contributed by atoms with Crippen LogP contribution in [-0.4, -0.2) is 31.8 Å². The van der Waals surface area contributed by atoms with Crippen molar-refractivity contribution in [3.8, 4) is 39.8 Å². The number of halogens is 5. The largest absolute Gasteiger partial charge is 0.497 e. The number of ether oxygens (including phenoxy) is 1. The van der Waals surface area contributed by atoms with E-state index in [2.05, 4.69) is 20.1 Å². The maximum Gasteiger partial charge on any atom is 0.417 e. The van der Waals surface area contributed by atoms with Crippen LogP contribution in [0.2, 0.25) is 0 Å². The van der Waals surface area contributed by atoms with Crippen LogP contribution in [0.4, 0.5) is 27.8 Å². The quantitative estimate of drug-likeness (QED) is 0.315. The van der Waals surface area contributed by atoms with E-state index in [1.807, 2.05) is 0 Å². The van der Waals surface area contributed by atoms with Crippen LogP contribution in [0.25, 0.3) is 34.0 Å². The predicted octanol–water partition coefficient (Wildman–Crippen LogP) is 5.44. The van der Waals surface area contributed by atoms with Gasteiger partial charge in [-0.25, -0.2) is 23.7 Å². The van der Waals surface area contributed by atoms with E-state index in [0.29, 0.717) is 17.0 Å². The summed E-state index contributed by atoms with van der Waals surface area (Å²) in [5.74, 6) is -1.97. The highest BCUT2D eigenvalue weighted by molar-refractivity contribution is 5.68. The third-order valence-corrected chi connectivity index (χ3v) is 5.66. The number of imidazole rings is 1. The lowest BCUT2D eigenvalue weighted by Crippen LogP contribution is -2.10. The summed E-state index contributed by atoms with van der Waals surface area (Å²) in [7, 11) is 1.28. The molecule has 0 spiro atoms. The van der Waals surface area contributed by atoms with Gasteiger partial charge in [-0.3, -0.25) is 4.68 Å². The normalized spacial score (nSPS) is 11.7. The van der Waals surface area contributed by atoms with Crippen molar-refractivity contribution in [2.75, 3.05) is 12.8 Å². The molecule has 0 unspecified atom stereocenters. The molecule has 0 bridgehead atoms. The molecule has 0 atom stereocenters. The summed E-state index contributed by atoms with van der Waals surface area (Å²) in [5.41, 5.74) is 6.27. The SMILES string of the molecule is COc1ccc(-c2ccc(Cn3cc4nc(-c5cccc(F)c5F)nc-4cn3)c(N)n2)c(C(F)(F)F)c1. The first-order chi connectivity index (χ1) is 17.6. The first-order valence-corrected chi connectivity index (χ1v) is 10.8. The average Bonchev–Trinajstić information content (AvgIpc) is 3.29. The number of nitrogens with zero attached hydrogens (tertiary/aromatic N) is 5. The lowest BCUT2D eigenvalue weighted by atomic mass is 10.0. The minimum atomic E-state index is -4.62. The molecule has 3 heterocycles. The van der Waals surface area contributed by atoms with Gasteiger partial charge in [0.2, 0.25) is 0 Å². The number of nitrogens with two attached hydrogens (primary N) is 1. The number of aromatic nitrogens is 5. The summed E-state index contributed by atoms with van der Waals surface area (Å²) in [5, 5.41) is 4.24. The minimum absolute atomic E-state index is 0.0112. The van der Waals surface area contributed by atoms with E-state index >= 15 is 0 Å². The molecule has 1 aromatic heterocycles. The van der Waals surface area contributed by atoms with Gasteiger partial charge >= 0.3 is 6.18 Å². The molecule has 2 aliphatic rings. The fourth-order valence-corrected chi connectivity index (χ4v) is 3.81. The number of benzene rings is 2. The zero-order valence-electron chi connectivity index (χ0n) is 19.1. The number of alkyl halides is 3.